The zero-order chi connectivity index (χ0) is 15.1. The first-order valence-corrected chi connectivity index (χ1v) is 7.34. The monoisotopic (exact) mass is 307 g/mol. The Bertz CT molecular complexity index is 575. The second-order valence-corrected chi connectivity index (χ2v) is 5.55. The highest BCUT2D eigenvalue weighted by Gasteiger charge is 2.16. The molecule has 112 valence electrons. The molecule has 0 radical (unpaired) electrons. The molecule has 2 aromatic rings. The highest BCUT2D eigenvalue weighted by molar-refractivity contribution is 8.00. The molecule has 1 amide bonds. The van der Waals surface area contributed by atoms with Gasteiger partial charge in [0.05, 0.1) is 11.9 Å². The number of hydrogen-bond acceptors (Lipinski definition) is 6. The number of H-pyrrole nitrogens is 1. The van der Waals surface area contributed by atoms with Crippen LogP contribution < -0.4 is 5.32 Å². The molecule has 2 aromatic heterocycles. The van der Waals surface area contributed by atoms with E-state index in [2.05, 4.69) is 25.5 Å². The maximum absolute atomic E-state index is 11.8. The van der Waals surface area contributed by atoms with Crippen molar-refractivity contribution < 1.29 is 9.53 Å². The van der Waals surface area contributed by atoms with Gasteiger partial charge in [-0.15, -0.1) is 5.10 Å². The molecule has 0 aliphatic rings. The standard InChI is InChI=1S/C13H17N5O2S/c1-9(12(19)15-7-8-20-2)21-13-16-11(17-18-13)10-3-5-14-6-4-10/h3-6,9H,7-8H2,1-2H3,(H,15,19)(H,16,17,18)/t9-/m0/s1. The van der Waals surface area contributed by atoms with Crippen molar-refractivity contribution >= 4 is 17.7 Å². The Kier molecular flexibility index (Phi) is 5.70. The van der Waals surface area contributed by atoms with Gasteiger partial charge < -0.3 is 10.1 Å². The summed E-state index contributed by atoms with van der Waals surface area (Å²) in [5, 5.41) is 10.0. The van der Waals surface area contributed by atoms with Gasteiger partial charge in [-0.1, -0.05) is 11.8 Å². The summed E-state index contributed by atoms with van der Waals surface area (Å²) in [5.41, 5.74) is 0.904. The van der Waals surface area contributed by atoms with Gasteiger partial charge in [0.1, 0.15) is 0 Å². The van der Waals surface area contributed by atoms with E-state index in [9.17, 15) is 4.79 Å². The molecule has 0 saturated heterocycles. The summed E-state index contributed by atoms with van der Waals surface area (Å²) in [6, 6.07) is 3.69. The Balaban J connectivity index is 1.91. The number of nitrogens with zero attached hydrogens (tertiary/aromatic N) is 3. The van der Waals surface area contributed by atoms with E-state index in [-0.39, 0.29) is 11.2 Å². The third kappa shape index (κ3) is 4.54. The van der Waals surface area contributed by atoms with Crippen LogP contribution in [0.4, 0.5) is 0 Å². The number of hydrogen-bond donors (Lipinski definition) is 2. The minimum Gasteiger partial charge on any atom is -0.383 e. The minimum absolute atomic E-state index is 0.0627. The van der Waals surface area contributed by atoms with Crippen molar-refractivity contribution in [3.63, 3.8) is 0 Å². The summed E-state index contributed by atoms with van der Waals surface area (Å²) >= 11 is 1.30. The molecular formula is C13H17N5O2S. The number of nitrogens with one attached hydrogen (secondary N) is 2. The van der Waals surface area contributed by atoms with Gasteiger partial charge in [0.25, 0.3) is 0 Å². The topological polar surface area (TPSA) is 92.8 Å². The third-order valence-corrected chi connectivity index (χ3v) is 3.64. The lowest BCUT2D eigenvalue weighted by Crippen LogP contribution is -2.33. The largest absolute Gasteiger partial charge is 0.383 e. The molecule has 0 spiro atoms. The Labute approximate surface area is 126 Å². The summed E-state index contributed by atoms with van der Waals surface area (Å²) in [5.74, 6) is 0.596. The van der Waals surface area contributed by atoms with E-state index in [0.717, 1.165) is 5.56 Å². The van der Waals surface area contributed by atoms with E-state index in [1.54, 1.807) is 19.5 Å². The third-order valence-electron chi connectivity index (χ3n) is 2.68. The van der Waals surface area contributed by atoms with Gasteiger partial charge in [0, 0.05) is 31.6 Å². The molecule has 0 bridgehead atoms. The van der Waals surface area contributed by atoms with E-state index < -0.39 is 0 Å². The first-order valence-electron chi connectivity index (χ1n) is 6.47. The minimum atomic E-state index is -0.275. The number of ether oxygens (including phenoxy) is 1. The molecule has 7 nitrogen and oxygen atoms in total. The molecule has 0 unspecified atom stereocenters. The highest BCUT2D eigenvalue weighted by atomic mass is 32.2. The summed E-state index contributed by atoms with van der Waals surface area (Å²) in [6.07, 6.45) is 3.38. The molecule has 0 aromatic carbocycles. The molecule has 8 heteroatoms. The first kappa shape index (κ1) is 15.5. The average Bonchev–Trinajstić information content (AvgIpc) is 2.97. The number of thioether (sulfide) groups is 1. The number of carbonyl (C=O) groups is 1. The first-order chi connectivity index (χ1) is 10.2. The lowest BCUT2D eigenvalue weighted by molar-refractivity contribution is -0.120. The van der Waals surface area contributed by atoms with Crippen molar-refractivity contribution in [1.29, 1.82) is 0 Å². The summed E-state index contributed by atoms with van der Waals surface area (Å²) < 4.78 is 4.89. The van der Waals surface area contributed by atoms with Crippen LogP contribution in [-0.4, -0.2) is 51.6 Å². The van der Waals surface area contributed by atoms with E-state index in [1.165, 1.54) is 11.8 Å². The maximum atomic E-state index is 11.8. The van der Waals surface area contributed by atoms with Crippen molar-refractivity contribution in [3.8, 4) is 11.4 Å². The van der Waals surface area contributed by atoms with Gasteiger partial charge >= 0.3 is 0 Å². The Morgan fingerprint density at radius 3 is 2.95 bits per heavy atom. The van der Waals surface area contributed by atoms with Crippen molar-refractivity contribution in [2.75, 3.05) is 20.3 Å². The smallest absolute Gasteiger partial charge is 0.233 e. The van der Waals surface area contributed by atoms with Crippen LogP contribution in [-0.2, 0) is 9.53 Å². The van der Waals surface area contributed by atoms with Gasteiger partial charge in [0.15, 0.2) is 5.82 Å². The normalized spacial score (nSPS) is 12.1. The fraction of sp³-hybridized carbons (Fsp3) is 0.385. The second kappa shape index (κ2) is 7.75. The van der Waals surface area contributed by atoms with Crippen LogP contribution in [0.2, 0.25) is 0 Å². The van der Waals surface area contributed by atoms with Crippen molar-refractivity contribution in [1.82, 2.24) is 25.5 Å². The zero-order valence-electron chi connectivity index (χ0n) is 11.9. The molecular weight excluding hydrogens is 290 g/mol. The molecule has 0 aliphatic carbocycles. The Morgan fingerprint density at radius 1 is 1.48 bits per heavy atom. The summed E-state index contributed by atoms with van der Waals surface area (Å²) in [6.45, 7) is 2.81. The van der Waals surface area contributed by atoms with Crippen molar-refractivity contribution in [2.24, 2.45) is 0 Å². The van der Waals surface area contributed by atoms with Crippen molar-refractivity contribution in [3.05, 3.63) is 24.5 Å². The van der Waals surface area contributed by atoms with Crippen LogP contribution in [0.5, 0.6) is 0 Å². The molecule has 0 fully saturated rings. The predicted molar refractivity (Wildman–Crippen MR) is 79.8 cm³/mol. The highest BCUT2D eigenvalue weighted by Crippen LogP contribution is 2.22. The van der Waals surface area contributed by atoms with Gasteiger partial charge in [-0.3, -0.25) is 14.9 Å². The van der Waals surface area contributed by atoms with Gasteiger partial charge in [-0.05, 0) is 19.1 Å². The van der Waals surface area contributed by atoms with Gasteiger partial charge in [0.2, 0.25) is 11.1 Å². The molecule has 0 aliphatic heterocycles. The summed E-state index contributed by atoms with van der Waals surface area (Å²) in [7, 11) is 1.60. The number of amides is 1. The predicted octanol–water partition coefficient (Wildman–Crippen LogP) is 1.11. The van der Waals surface area contributed by atoms with Crippen molar-refractivity contribution in [2.45, 2.75) is 17.3 Å². The van der Waals surface area contributed by atoms with Gasteiger partial charge in [-0.25, -0.2) is 4.98 Å². The molecule has 2 heterocycles. The van der Waals surface area contributed by atoms with E-state index in [4.69, 9.17) is 4.74 Å². The molecule has 1 atom stereocenters. The van der Waals surface area contributed by atoms with E-state index >= 15 is 0 Å². The lowest BCUT2D eigenvalue weighted by Gasteiger charge is -2.09. The lowest BCUT2D eigenvalue weighted by atomic mass is 10.3. The Morgan fingerprint density at radius 2 is 2.24 bits per heavy atom. The van der Waals surface area contributed by atoms with Crippen LogP contribution >= 0.6 is 11.8 Å². The number of methoxy groups -OCH3 is 1. The fourth-order valence-corrected chi connectivity index (χ4v) is 2.32. The summed E-state index contributed by atoms with van der Waals surface area (Å²) in [4.78, 5) is 20.2. The molecule has 0 saturated carbocycles. The van der Waals surface area contributed by atoms with Crippen LogP contribution in [0.15, 0.2) is 29.7 Å². The molecule has 21 heavy (non-hydrogen) atoms. The van der Waals surface area contributed by atoms with E-state index in [0.29, 0.717) is 24.1 Å². The quantitative estimate of drug-likeness (QED) is 0.588. The molecule has 2 rings (SSSR count). The number of pyridine rings is 1. The van der Waals surface area contributed by atoms with E-state index in [1.807, 2.05) is 19.1 Å². The SMILES string of the molecule is COCCNC(=O)[C@H](C)Sc1n[nH]c(-c2ccncc2)n1. The van der Waals surface area contributed by atoms with Crippen LogP contribution in [0.25, 0.3) is 11.4 Å². The van der Waals surface area contributed by atoms with Crippen LogP contribution in [0.1, 0.15) is 6.92 Å². The second-order valence-electron chi connectivity index (χ2n) is 4.25. The van der Waals surface area contributed by atoms with Crippen LogP contribution in [0.3, 0.4) is 0 Å². The number of aromatic nitrogens is 4. The average molecular weight is 307 g/mol. The van der Waals surface area contributed by atoms with Crippen LogP contribution in [0, 0.1) is 0 Å². The fourth-order valence-electron chi connectivity index (χ4n) is 1.57. The Hall–Kier alpha value is -1.93. The number of aromatic amines is 1. The van der Waals surface area contributed by atoms with Gasteiger partial charge in [-0.2, -0.15) is 0 Å². The molecule has 2 N–H and O–H groups in total. The zero-order valence-corrected chi connectivity index (χ0v) is 12.7. The number of carbonyl (C=O) groups excluding carboxylic acids is 1. The number of rotatable bonds is 7. The maximum Gasteiger partial charge on any atom is 0.233 e.